The fourth-order valence-corrected chi connectivity index (χ4v) is 11.7. The van der Waals surface area contributed by atoms with Crippen LogP contribution < -0.4 is 0 Å². The highest BCUT2D eigenvalue weighted by Crippen LogP contribution is 2.57. The summed E-state index contributed by atoms with van der Waals surface area (Å²) in [4.78, 5) is 0. The number of hydrogen-bond donors (Lipinski definition) is 0. The predicted octanol–water partition coefficient (Wildman–Crippen LogP) is 13.9. The first-order valence-corrected chi connectivity index (χ1v) is 19.5. The molecule has 12 rings (SSSR count). The molecule has 0 radical (unpaired) electrons. The number of hydrogen-bond acceptors (Lipinski definition) is 2. The van der Waals surface area contributed by atoms with Crippen molar-refractivity contribution < 1.29 is 0 Å². The lowest BCUT2D eigenvalue weighted by Crippen LogP contribution is -2.28. The average molecular weight is 696 g/mol. The van der Waals surface area contributed by atoms with Crippen molar-refractivity contribution in [3.63, 3.8) is 0 Å². The summed E-state index contributed by atoms with van der Waals surface area (Å²) in [7, 11) is 0. The molecule has 11 aromatic rings. The first-order valence-electron chi connectivity index (χ1n) is 17.9. The number of thiophene rings is 2. The third kappa shape index (κ3) is 3.62. The maximum absolute atomic E-state index is 2.54. The third-order valence-corrected chi connectivity index (χ3v) is 13.7. The van der Waals surface area contributed by atoms with Gasteiger partial charge in [-0.1, -0.05) is 127 Å². The van der Waals surface area contributed by atoms with E-state index in [0.29, 0.717) is 0 Å². The number of aromatic nitrogens is 1. The second-order valence-corrected chi connectivity index (χ2v) is 16.1. The van der Waals surface area contributed by atoms with Crippen molar-refractivity contribution in [2.45, 2.75) is 5.41 Å². The highest BCUT2D eigenvalue weighted by atomic mass is 32.1. The normalized spacial score (nSPS) is 13.5. The Balaban J connectivity index is 1.23. The molecule has 3 heteroatoms. The Hall–Kier alpha value is -6.00. The average Bonchev–Trinajstić information content (AvgIpc) is 3.95. The van der Waals surface area contributed by atoms with E-state index in [2.05, 4.69) is 180 Å². The molecule has 0 unspecified atom stereocenters. The molecule has 0 saturated carbocycles. The fraction of sp³-hybridized carbons (Fsp3) is 0.0204. The van der Waals surface area contributed by atoms with Crippen molar-refractivity contribution >= 4 is 84.8 Å². The van der Waals surface area contributed by atoms with Crippen LogP contribution in [0, 0.1) is 0 Å². The van der Waals surface area contributed by atoms with E-state index in [-0.39, 0.29) is 0 Å². The van der Waals surface area contributed by atoms with Gasteiger partial charge in [-0.15, -0.1) is 22.7 Å². The standard InChI is InChI=1S/C49H29NS2/c1-3-13-30(14-4-1)49(31-15-5-2-6-16-31)37-20-10-7-17-33(37)36-29-32(23-24-38(36)49)50-39-25-27-43-45(34-18-8-11-21-41(34)51-43)47(39)48-40(50)26-28-44-46(48)35-19-9-12-22-42(35)52-44/h1-29H. The zero-order chi connectivity index (χ0) is 34.0. The predicted molar refractivity (Wildman–Crippen MR) is 224 cm³/mol. The Bertz CT molecular complexity index is 3070. The number of benzene rings is 8. The van der Waals surface area contributed by atoms with Crippen molar-refractivity contribution in [1.29, 1.82) is 0 Å². The SMILES string of the molecule is c1ccc(C2(c3ccccc3)c3ccccc3-c3cc(-n4c5ccc6sc7ccccc7c6c5c5c6c(ccc54)sc4ccccc46)ccc32)cc1. The summed E-state index contributed by atoms with van der Waals surface area (Å²) < 4.78 is 7.88. The minimum atomic E-state index is -0.419. The Morgan fingerprint density at radius 1 is 0.365 bits per heavy atom. The summed E-state index contributed by atoms with van der Waals surface area (Å²) >= 11 is 3.80. The Morgan fingerprint density at radius 3 is 1.46 bits per heavy atom. The molecule has 0 fully saturated rings. The summed E-state index contributed by atoms with van der Waals surface area (Å²) in [5.41, 5.74) is 11.1. The topological polar surface area (TPSA) is 4.93 Å². The molecule has 0 N–H and O–H groups in total. The van der Waals surface area contributed by atoms with Crippen molar-refractivity contribution in [2.75, 3.05) is 0 Å². The van der Waals surface area contributed by atoms with Crippen LogP contribution in [0.2, 0.25) is 0 Å². The molecule has 0 amide bonds. The molecular weight excluding hydrogens is 667 g/mol. The van der Waals surface area contributed by atoms with E-state index in [0.717, 1.165) is 0 Å². The molecule has 3 aromatic heterocycles. The minimum Gasteiger partial charge on any atom is -0.309 e. The van der Waals surface area contributed by atoms with Gasteiger partial charge in [0.05, 0.1) is 16.4 Å². The third-order valence-electron chi connectivity index (χ3n) is 11.5. The fourth-order valence-electron chi connectivity index (χ4n) is 9.47. The minimum absolute atomic E-state index is 0.419. The highest BCUT2D eigenvalue weighted by Gasteiger charge is 2.46. The zero-order valence-corrected chi connectivity index (χ0v) is 29.6. The molecule has 0 saturated heterocycles. The summed E-state index contributed by atoms with van der Waals surface area (Å²) in [5, 5.41) is 8.10. The van der Waals surface area contributed by atoms with Gasteiger partial charge in [0, 0.05) is 56.8 Å². The van der Waals surface area contributed by atoms with Gasteiger partial charge in [0.1, 0.15) is 0 Å². The van der Waals surface area contributed by atoms with Gasteiger partial charge in [0.2, 0.25) is 0 Å². The van der Waals surface area contributed by atoms with Crippen LogP contribution in [0.3, 0.4) is 0 Å². The van der Waals surface area contributed by atoms with Gasteiger partial charge in [-0.2, -0.15) is 0 Å². The molecule has 1 nitrogen and oxygen atoms in total. The Morgan fingerprint density at radius 2 is 0.865 bits per heavy atom. The van der Waals surface area contributed by atoms with Crippen LogP contribution in [-0.4, -0.2) is 4.57 Å². The molecule has 242 valence electrons. The van der Waals surface area contributed by atoms with Gasteiger partial charge in [-0.25, -0.2) is 0 Å². The quantitative estimate of drug-likeness (QED) is 0.173. The van der Waals surface area contributed by atoms with E-state index in [1.165, 1.54) is 101 Å². The molecule has 0 spiro atoms. The summed E-state index contributed by atoms with van der Waals surface area (Å²) in [6.07, 6.45) is 0. The lowest BCUT2D eigenvalue weighted by molar-refractivity contribution is 0.768. The van der Waals surface area contributed by atoms with Crippen LogP contribution in [0.5, 0.6) is 0 Å². The van der Waals surface area contributed by atoms with Crippen LogP contribution >= 0.6 is 22.7 Å². The van der Waals surface area contributed by atoms with E-state index in [1.54, 1.807) is 0 Å². The van der Waals surface area contributed by atoms with E-state index >= 15 is 0 Å². The molecule has 1 aliphatic rings. The number of rotatable bonds is 3. The van der Waals surface area contributed by atoms with Crippen molar-refractivity contribution in [3.05, 3.63) is 198 Å². The molecule has 52 heavy (non-hydrogen) atoms. The molecule has 1 aliphatic carbocycles. The Labute approximate surface area is 308 Å². The number of fused-ring (bicyclic) bond motifs is 14. The highest BCUT2D eigenvalue weighted by molar-refractivity contribution is 7.26. The van der Waals surface area contributed by atoms with Crippen molar-refractivity contribution in [2.24, 2.45) is 0 Å². The van der Waals surface area contributed by atoms with Gasteiger partial charge in [-0.05, 0) is 81.9 Å². The largest absolute Gasteiger partial charge is 0.309 e. The molecule has 8 aromatic carbocycles. The second-order valence-electron chi connectivity index (χ2n) is 14.0. The maximum atomic E-state index is 2.54. The van der Waals surface area contributed by atoms with Crippen molar-refractivity contribution in [1.82, 2.24) is 4.57 Å². The van der Waals surface area contributed by atoms with Gasteiger partial charge in [-0.3, -0.25) is 0 Å². The lowest BCUT2D eigenvalue weighted by atomic mass is 9.68. The smallest absolute Gasteiger partial charge is 0.0713 e. The second kappa shape index (κ2) is 10.5. The molecule has 0 atom stereocenters. The maximum Gasteiger partial charge on any atom is 0.0713 e. The van der Waals surface area contributed by atoms with Crippen LogP contribution in [0.4, 0.5) is 0 Å². The van der Waals surface area contributed by atoms with Crippen LogP contribution in [0.1, 0.15) is 22.3 Å². The van der Waals surface area contributed by atoms with E-state index in [4.69, 9.17) is 0 Å². The number of nitrogens with zero attached hydrogens (tertiary/aromatic N) is 1. The molecule has 0 bridgehead atoms. The lowest BCUT2D eigenvalue weighted by Gasteiger charge is -2.33. The molecule has 0 aliphatic heterocycles. The first-order chi connectivity index (χ1) is 25.8. The van der Waals surface area contributed by atoms with E-state index < -0.39 is 5.41 Å². The van der Waals surface area contributed by atoms with Crippen molar-refractivity contribution in [3.8, 4) is 16.8 Å². The van der Waals surface area contributed by atoms with Crippen LogP contribution in [-0.2, 0) is 5.41 Å². The molecule has 3 heterocycles. The van der Waals surface area contributed by atoms with Crippen LogP contribution in [0.15, 0.2) is 176 Å². The summed E-state index contributed by atoms with van der Waals surface area (Å²) in [6, 6.07) is 65.7. The van der Waals surface area contributed by atoms with Gasteiger partial charge in [0.15, 0.2) is 0 Å². The first kappa shape index (κ1) is 28.7. The van der Waals surface area contributed by atoms with Gasteiger partial charge < -0.3 is 4.57 Å². The monoisotopic (exact) mass is 695 g/mol. The molecular formula is C49H29NS2. The van der Waals surface area contributed by atoms with Gasteiger partial charge >= 0.3 is 0 Å². The Kier molecular flexibility index (Phi) is 5.80. The van der Waals surface area contributed by atoms with Gasteiger partial charge in [0.25, 0.3) is 0 Å². The van der Waals surface area contributed by atoms with E-state index in [1.807, 2.05) is 22.7 Å². The van der Waals surface area contributed by atoms with E-state index in [9.17, 15) is 0 Å². The zero-order valence-electron chi connectivity index (χ0n) is 28.0. The summed E-state index contributed by atoms with van der Waals surface area (Å²) in [5.74, 6) is 0. The van der Waals surface area contributed by atoms with Crippen LogP contribution in [0.25, 0.3) is 79.0 Å². The summed E-state index contributed by atoms with van der Waals surface area (Å²) in [6.45, 7) is 0.